The van der Waals surface area contributed by atoms with Crippen LogP contribution in [-0.2, 0) is 0 Å². The van der Waals surface area contributed by atoms with E-state index in [-0.39, 0.29) is 0 Å². The maximum Gasteiger partial charge on any atom is 0.249 e. The molecule has 1 N–H and O–H groups in total. The lowest BCUT2D eigenvalue weighted by atomic mass is 10.2. The molecule has 0 atom stereocenters. The van der Waals surface area contributed by atoms with Crippen molar-refractivity contribution >= 4 is 35.0 Å². The monoisotopic (exact) mass is 382 g/mol. The number of benzene rings is 1. The average Bonchev–Trinajstić information content (AvgIpc) is 2.72. The maximum atomic E-state index is 6.08. The van der Waals surface area contributed by atoms with Crippen LogP contribution in [0.25, 0.3) is 0 Å². The topological polar surface area (TPSA) is 83.0 Å². The second kappa shape index (κ2) is 7.71. The highest BCUT2D eigenvalue weighted by Gasteiger charge is 2.20. The largest absolute Gasteiger partial charge is 0.352 e. The van der Waals surface area contributed by atoms with Crippen molar-refractivity contribution in [3.8, 4) is 0 Å². The van der Waals surface area contributed by atoms with Crippen molar-refractivity contribution in [2.75, 3.05) is 41.3 Å². The molecule has 1 aliphatic rings. The smallest absolute Gasteiger partial charge is 0.249 e. The Hall–Kier alpha value is -3.00. The lowest BCUT2D eigenvalue weighted by Crippen LogP contribution is -2.47. The summed E-state index contributed by atoms with van der Waals surface area (Å²) in [6, 6.07) is 7.48. The van der Waals surface area contributed by atoms with Gasteiger partial charge in [0.25, 0.3) is 0 Å². The van der Waals surface area contributed by atoms with E-state index in [1.165, 1.54) is 0 Å². The van der Waals surface area contributed by atoms with E-state index in [0.717, 1.165) is 49.2 Å². The summed E-state index contributed by atoms with van der Waals surface area (Å²) in [6.45, 7) is 5.27. The number of halogens is 1. The van der Waals surface area contributed by atoms with Crippen molar-refractivity contribution < 1.29 is 0 Å². The maximum absolute atomic E-state index is 6.08. The van der Waals surface area contributed by atoms with Crippen LogP contribution in [0.4, 0.5) is 23.4 Å². The highest BCUT2D eigenvalue weighted by atomic mass is 35.5. The van der Waals surface area contributed by atoms with E-state index in [1.807, 2.05) is 31.2 Å². The zero-order valence-electron chi connectivity index (χ0n) is 14.9. The number of aryl methyl sites for hydroxylation is 1. The lowest BCUT2D eigenvalue weighted by Gasteiger charge is -2.35. The van der Waals surface area contributed by atoms with Crippen LogP contribution in [0, 0.1) is 6.92 Å². The fraction of sp³-hybridized carbons (Fsp3) is 0.278. The molecule has 1 saturated heterocycles. The Labute approximate surface area is 162 Å². The standard InChI is InChI=1S/C18H19ClN8/c1-13-3-4-14(19)11-15(13)23-17-24-16(12-22-25-17)26-7-9-27(10-8-26)18-20-5-2-6-21-18/h2-6,11-12H,7-10H2,1H3,(H,23,24,25). The third kappa shape index (κ3) is 4.06. The molecule has 27 heavy (non-hydrogen) atoms. The van der Waals surface area contributed by atoms with Gasteiger partial charge in [0.05, 0.1) is 6.20 Å². The Kier molecular flexibility index (Phi) is 4.97. The highest BCUT2D eigenvalue weighted by Crippen LogP contribution is 2.23. The molecule has 9 heteroatoms. The van der Waals surface area contributed by atoms with Crippen LogP contribution in [-0.4, -0.2) is 51.3 Å². The van der Waals surface area contributed by atoms with Crippen LogP contribution in [0.15, 0.2) is 42.9 Å². The molecule has 4 rings (SSSR count). The number of nitrogens with zero attached hydrogens (tertiary/aromatic N) is 7. The normalized spacial score (nSPS) is 14.3. The summed E-state index contributed by atoms with van der Waals surface area (Å²) in [5, 5.41) is 12.0. The van der Waals surface area contributed by atoms with Crippen LogP contribution in [0.2, 0.25) is 5.02 Å². The Morgan fingerprint density at radius 1 is 1.04 bits per heavy atom. The van der Waals surface area contributed by atoms with Crippen molar-refractivity contribution in [3.05, 3.63) is 53.4 Å². The summed E-state index contributed by atoms with van der Waals surface area (Å²) >= 11 is 6.08. The Bertz CT molecular complexity index is 912. The van der Waals surface area contributed by atoms with E-state index >= 15 is 0 Å². The van der Waals surface area contributed by atoms with Gasteiger partial charge in [0, 0.05) is 49.3 Å². The van der Waals surface area contributed by atoms with E-state index in [0.29, 0.717) is 11.0 Å². The van der Waals surface area contributed by atoms with E-state index in [1.54, 1.807) is 18.6 Å². The summed E-state index contributed by atoms with van der Waals surface area (Å²) in [6.07, 6.45) is 5.21. The van der Waals surface area contributed by atoms with Crippen molar-refractivity contribution in [2.45, 2.75) is 6.92 Å². The average molecular weight is 383 g/mol. The van der Waals surface area contributed by atoms with E-state index in [2.05, 4.69) is 40.3 Å². The number of aromatic nitrogens is 5. The van der Waals surface area contributed by atoms with Gasteiger partial charge in [0.2, 0.25) is 11.9 Å². The molecule has 8 nitrogen and oxygen atoms in total. The van der Waals surface area contributed by atoms with Gasteiger partial charge in [-0.05, 0) is 30.7 Å². The molecule has 0 saturated carbocycles. The quantitative estimate of drug-likeness (QED) is 0.737. The summed E-state index contributed by atoms with van der Waals surface area (Å²) in [4.78, 5) is 17.6. The van der Waals surface area contributed by atoms with E-state index < -0.39 is 0 Å². The molecule has 0 aliphatic carbocycles. The molecule has 0 radical (unpaired) electrons. The van der Waals surface area contributed by atoms with Crippen LogP contribution in [0.3, 0.4) is 0 Å². The molecule has 1 aromatic carbocycles. The molecule has 138 valence electrons. The van der Waals surface area contributed by atoms with Crippen molar-refractivity contribution in [1.29, 1.82) is 0 Å². The minimum absolute atomic E-state index is 0.451. The number of anilines is 4. The van der Waals surface area contributed by atoms with Gasteiger partial charge in [0.15, 0.2) is 5.82 Å². The fourth-order valence-corrected chi connectivity index (χ4v) is 3.11. The molecule has 0 spiro atoms. The van der Waals surface area contributed by atoms with Gasteiger partial charge < -0.3 is 15.1 Å². The van der Waals surface area contributed by atoms with Crippen LogP contribution in [0.1, 0.15) is 5.56 Å². The van der Waals surface area contributed by atoms with E-state index in [4.69, 9.17) is 11.6 Å². The van der Waals surface area contributed by atoms with Crippen molar-refractivity contribution in [1.82, 2.24) is 25.1 Å². The van der Waals surface area contributed by atoms with Gasteiger partial charge in [-0.1, -0.05) is 17.7 Å². The van der Waals surface area contributed by atoms with Gasteiger partial charge in [-0.3, -0.25) is 0 Å². The molecule has 3 heterocycles. The summed E-state index contributed by atoms with van der Waals surface area (Å²) in [7, 11) is 0. The minimum atomic E-state index is 0.451. The van der Waals surface area contributed by atoms with Gasteiger partial charge in [0.1, 0.15) is 0 Å². The predicted octanol–water partition coefficient (Wildman–Crippen LogP) is 2.69. The van der Waals surface area contributed by atoms with Gasteiger partial charge >= 0.3 is 0 Å². The Morgan fingerprint density at radius 3 is 2.56 bits per heavy atom. The Balaban J connectivity index is 1.45. The van der Waals surface area contributed by atoms with Crippen LogP contribution in [0.5, 0.6) is 0 Å². The van der Waals surface area contributed by atoms with Crippen LogP contribution < -0.4 is 15.1 Å². The molecule has 0 unspecified atom stereocenters. The molecular weight excluding hydrogens is 364 g/mol. The fourth-order valence-electron chi connectivity index (χ4n) is 2.94. The lowest BCUT2D eigenvalue weighted by molar-refractivity contribution is 0.632. The zero-order valence-corrected chi connectivity index (χ0v) is 15.6. The minimum Gasteiger partial charge on any atom is -0.352 e. The number of piperazine rings is 1. The SMILES string of the molecule is Cc1ccc(Cl)cc1Nc1nncc(N2CCN(c3ncccn3)CC2)n1. The number of hydrogen-bond acceptors (Lipinski definition) is 8. The van der Waals surface area contributed by atoms with Crippen molar-refractivity contribution in [3.63, 3.8) is 0 Å². The summed E-state index contributed by atoms with van der Waals surface area (Å²) in [5.74, 6) is 2.00. The number of nitrogens with one attached hydrogen (secondary N) is 1. The highest BCUT2D eigenvalue weighted by molar-refractivity contribution is 6.30. The van der Waals surface area contributed by atoms with Gasteiger partial charge in [-0.2, -0.15) is 10.1 Å². The third-order valence-electron chi connectivity index (χ3n) is 4.43. The first-order valence-electron chi connectivity index (χ1n) is 8.69. The second-order valence-electron chi connectivity index (χ2n) is 6.25. The van der Waals surface area contributed by atoms with E-state index in [9.17, 15) is 0 Å². The first kappa shape index (κ1) is 17.4. The molecule has 3 aromatic rings. The van der Waals surface area contributed by atoms with Crippen molar-refractivity contribution in [2.24, 2.45) is 0 Å². The molecule has 1 aliphatic heterocycles. The Morgan fingerprint density at radius 2 is 1.78 bits per heavy atom. The molecular formula is C18H19ClN8. The summed E-state index contributed by atoms with van der Waals surface area (Å²) in [5.41, 5.74) is 1.93. The third-order valence-corrected chi connectivity index (χ3v) is 4.67. The predicted molar refractivity (Wildman–Crippen MR) is 106 cm³/mol. The number of hydrogen-bond donors (Lipinski definition) is 1. The zero-order chi connectivity index (χ0) is 18.6. The van der Waals surface area contributed by atoms with Gasteiger partial charge in [-0.25, -0.2) is 9.97 Å². The number of rotatable bonds is 4. The first-order valence-corrected chi connectivity index (χ1v) is 9.07. The second-order valence-corrected chi connectivity index (χ2v) is 6.68. The molecule has 0 amide bonds. The molecule has 1 fully saturated rings. The van der Waals surface area contributed by atoms with Gasteiger partial charge in [-0.15, -0.1) is 5.10 Å². The van der Waals surface area contributed by atoms with Crippen LogP contribution >= 0.6 is 11.6 Å². The molecule has 0 bridgehead atoms. The molecule has 2 aromatic heterocycles. The first-order chi connectivity index (χ1) is 13.2. The summed E-state index contributed by atoms with van der Waals surface area (Å²) < 4.78 is 0.